The fourth-order valence-corrected chi connectivity index (χ4v) is 3.11. The maximum Gasteiger partial charge on any atom is 0.119 e. The highest BCUT2D eigenvalue weighted by Gasteiger charge is 2.04. The minimum Gasteiger partial charge on any atom is -0.497 e. The van der Waals surface area contributed by atoms with Crippen LogP contribution >= 0.6 is 11.6 Å². The molecule has 0 aliphatic heterocycles. The summed E-state index contributed by atoms with van der Waals surface area (Å²) in [6.07, 6.45) is 0. The first-order valence-corrected chi connectivity index (χ1v) is 7.76. The quantitative estimate of drug-likeness (QED) is 0.838. The van der Waals surface area contributed by atoms with Crippen molar-refractivity contribution in [1.82, 2.24) is 0 Å². The first-order chi connectivity index (χ1) is 9.17. The van der Waals surface area contributed by atoms with Gasteiger partial charge < -0.3 is 4.74 Å². The first kappa shape index (κ1) is 14.1. The Morgan fingerprint density at radius 2 is 1.74 bits per heavy atom. The Kier molecular flexibility index (Phi) is 5.00. The smallest absolute Gasteiger partial charge is 0.119 e. The molecule has 0 saturated heterocycles. The summed E-state index contributed by atoms with van der Waals surface area (Å²) in [6.45, 7) is 0. The van der Waals surface area contributed by atoms with Crippen molar-refractivity contribution < 1.29 is 8.95 Å². The minimum absolute atomic E-state index is 0.528. The van der Waals surface area contributed by atoms with Gasteiger partial charge in [-0.1, -0.05) is 35.9 Å². The molecular weight excluding hydrogens is 280 g/mol. The second-order valence-electron chi connectivity index (χ2n) is 4.21. The van der Waals surface area contributed by atoms with E-state index in [2.05, 4.69) is 0 Å². The van der Waals surface area contributed by atoms with Gasteiger partial charge in [-0.2, -0.15) is 0 Å². The van der Waals surface area contributed by atoms with Crippen LogP contribution < -0.4 is 4.74 Å². The van der Waals surface area contributed by atoms with Crippen molar-refractivity contribution in [3.63, 3.8) is 0 Å². The summed E-state index contributed by atoms with van der Waals surface area (Å²) in [7, 11) is 0.691. The molecule has 2 aromatic rings. The molecule has 0 saturated carbocycles. The fourth-order valence-electron chi connectivity index (χ4n) is 1.77. The molecule has 0 aliphatic rings. The van der Waals surface area contributed by atoms with Gasteiger partial charge in [-0.3, -0.25) is 4.21 Å². The van der Waals surface area contributed by atoms with Crippen molar-refractivity contribution in [2.24, 2.45) is 0 Å². The van der Waals surface area contributed by atoms with Crippen molar-refractivity contribution in [3.05, 3.63) is 64.7 Å². The van der Waals surface area contributed by atoms with Crippen molar-refractivity contribution in [2.75, 3.05) is 7.11 Å². The van der Waals surface area contributed by atoms with E-state index in [1.807, 2.05) is 48.5 Å². The minimum atomic E-state index is -0.937. The molecule has 0 radical (unpaired) electrons. The van der Waals surface area contributed by atoms with Gasteiger partial charge in [-0.15, -0.1) is 0 Å². The van der Waals surface area contributed by atoms with Crippen LogP contribution in [0.5, 0.6) is 5.75 Å². The molecule has 0 aliphatic carbocycles. The Morgan fingerprint density at radius 3 is 2.42 bits per heavy atom. The standard InChI is InChI=1S/C15H15ClO2S/c1-18-15-4-2-3-13(9-15)11-19(17)10-12-5-7-14(16)8-6-12/h2-9H,10-11H2,1H3/t19-/m1/s1. The van der Waals surface area contributed by atoms with E-state index in [1.54, 1.807) is 7.11 Å². The predicted molar refractivity (Wildman–Crippen MR) is 80.0 cm³/mol. The van der Waals surface area contributed by atoms with Gasteiger partial charge in [-0.05, 0) is 35.4 Å². The van der Waals surface area contributed by atoms with E-state index in [4.69, 9.17) is 16.3 Å². The van der Waals surface area contributed by atoms with Gasteiger partial charge in [0.2, 0.25) is 0 Å². The molecule has 4 heteroatoms. The second kappa shape index (κ2) is 6.73. The topological polar surface area (TPSA) is 26.3 Å². The number of halogens is 1. The molecule has 0 unspecified atom stereocenters. The molecule has 0 aromatic heterocycles. The molecule has 19 heavy (non-hydrogen) atoms. The highest BCUT2D eigenvalue weighted by Crippen LogP contribution is 2.16. The molecule has 0 bridgehead atoms. The lowest BCUT2D eigenvalue weighted by atomic mass is 10.2. The van der Waals surface area contributed by atoms with Crippen LogP contribution in [0.2, 0.25) is 5.02 Å². The zero-order valence-electron chi connectivity index (χ0n) is 10.6. The van der Waals surface area contributed by atoms with Crippen LogP contribution in [0.4, 0.5) is 0 Å². The molecule has 1 atom stereocenters. The van der Waals surface area contributed by atoms with E-state index in [0.717, 1.165) is 16.9 Å². The average molecular weight is 295 g/mol. The van der Waals surface area contributed by atoms with Crippen LogP contribution in [0.25, 0.3) is 0 Å². The molecule has 2 rings (SSSR count). The van der Waals surface area contributed by atoms with E-state index in [0.29, 0.717) is 16.5 Å². The third-order valence-corrected chi connectivity index (χ3v) is 4.27. The van der Waals surface area contributed by atoms with E-state index in [1.165, 1.54) is 0 Å². The number of ether oxygens (including phenoxy) is 1. The lowest BCUT2D eigenvalue weighted by molar-refractivity contribution is 0.414. The van der Waals surface area contributed by atoms with E-state index < -0.39 is 10.8 Å². The van der Waals surface area contributed by atoms with Crippen LogP contribution in [0.1, 0.15) is 11.1 Å². The van der Waals surface area contributed by atoms with Gasteiger partial charge in [0.15, 0.2) is 0 Å². The Balaban J connectivity index is 1.99. The summed E-state index contributed by atoms with van der Waals surface area (Å²) in [4.78, 5) is 0. The summed E-state index contributed by atoms with van der Waals surface area (Å²) < 4.78 is 17.3. The number of hydrogen-bond donors (Lipinski definition) is 0. The highest BCUT2D eigenvalue weighted by atomic mass is 35.5. The van der Waals surface area contributed by atoms with E-state index in [9.17, 15) is 4.21 Å². The molecule has 0 amide bonds. The van der Waals surface area contributed by atoms with Crippen LogP contribution in [-0.2, 0) is 22.3 Å². The van der Waals surface area contributed by atoms with Gasteiger partial charge in [0, 0.05) is 27.3 Å². The number of hydrogen-bond acceptors (Lipinski definition) is 2. The van der Waals surface area contributed by atoms with Crippen molar-refractivity contribution in [2.45, 2.75) is 11.5 Å². The monoisotopic (exact) mass is 294 g/mol. The molecule has 2 nitrogen and oxygen atoms in total. The Morgan fingerprint density at radius 1 is 1.05 bits per heavy atom. The van der Waals surface area contributed by atoms with Crippen molar-refractivity contribution in [3.8, 4) is 5.75 Å². The summed E-state index contributed by atoms with van der Waals surface area (Å²) in [5.41, 5.74) is 2.05. The lowest BCUT2D eigenvalue weighted by Gasteiger charge is -2.05. The third kappa shape index (κ3) is 4.37. The van der Waals surface area contributed by atoms with Gasteiger partial charge in [-0.25, -0.2) is 0 Å². The maximum absolute atomic E-state index is 12.1. The van der Waals surface area contributed by atoms with Gasteiger partial charge in [0.05, 0.1) is 7.11 Å². The molecule has 0 heterocycles. The van der Waals surface area contributed by atoms with Gasteiger partial charge >= 0.3 is 0 Å². The third-order valence-electron chi connectivity index (χ3n) is 2.70. The molecule has 0 spiro atoms. The van der Waals surface area contributed by atoms with Gasteiger partial charge in [0.25, 0.3) is 0 Å². The fraction of sp³-hybridized carbons (Fsp3) is 0.200. The van der Waals surface area contributed by atoms with Gasteiger partial charge in [0.1, 0.15) is 5.75 Å². The van der Waals surface area contributed by atoms with Crippen molar-refractivity contribution in [1.29, 1.82) is 0 Å². The van der Waals surface area contributed by atoms with Crippen LogP contribution in [0, 0.1) is 0 Å². The van der Waals surface area contributed by atoms with Crippen molar-refractivity contribution >= 4 is 22.4 Å². The predicted octanol–water partition coefficient (Wildman–Crippen LogP) is 3.80. The van der Waals surface area contributed by atoms with E-state index in [-0.39, 0.29) is 0 Å². The Bertz CT molecular complexity index is 567. The Hall–Kier alpha value is -1.32. The first-order valence-electron chi connectivity index (χ1n) is 5.90. The zero-order valence-corrected chi connectivity index (χ0v) is 12.2. The number of benzene rings is 2. The van der Waals surface area contributed by atoms with Crippen LogP contribution in [0.15, 0.2) is 48.5 Å². The van der Waals surface area contributed by atoms with E-state index >= 15 is 0 Å². The molecular formula is C15H15ClO2S. The second-order valence-corrected chi connectivity index (χ2v) is 6.10. The Labute approximate surface area is 120 Å². The summed E-state index contributed by atoms with van der Waals surface area (Å²) in [5, 5.41) is 0.697. The summed E-state index contributed by atoms with van der Waals surface area (Å²) >= 11 is 5.82. The molecule has 0 fully saturated rings. The summed E-state index contributed by atoms with van der Waals surface area (Å²) in [5.74, 6) is 1.86. The summed E-state index contributed by atoms with van der Waals surface area (Å²) in [6, 6.07) is 15.1. The average Bonchev–Trinajstić information content (AvgIpc) is 2.41. The number of rotatable bonds is 5. The lowest BCUT2D eigenvalue weighted by Crippen LogP contribution is -1.99. The molecule has 2 aromatic carbocycles. The van der Waals surface area contributed by atoms with Crippen LogP contribution in [-0.4, -0.2) is 11.3 Å². The maximum atomic E-state index is 12.1. The van der Waals surface area contributed by atoms with Crippen LogP contribution in [0.3, 0.4) is 0 Å². The SMILES string of the molecule is COc1cccc(C[S@](=O)Cc2ccc(Cl)cc2)c1. The normalized spacial score (nSPS) is 12.1. The number of methoxy groups -OCH3 is 1. The molecule has 100 valence electrons. The largest absolute Gasteiger partial charge is 0.497 e. The molecule has 0 N–H and O–H groups in total. The highest BCUT2D eigenvalue weighted by molar-refractivity contribution is 7.83. The zero-order chi connectivity index (χ0) is 13.7.